The van der Waals surface area contributed by atoms with E-state index in [0.29, 0.717) is 6.42 Å². The number of hydrogen-bond donors (Lipinski definition) is 3. The van der Waals surface area contributed by atoms with E-state index in [-0.39, 0.29) is 12.5 Å². The normalized spacial score (nSPS) is 13.6. The first-order valence-electron chi connectivity index (χ1n) is 6.06. The van der Waals surface area contributed by atoms with Crippen LogP contribution >= 0.6 is 0 Å². The summed E-state index contributed by atoms with van der Waals surface area (Å²) in [6, 6.07) is 0.258. The molecule has 1 amide bonds. The molecule has 0 saturated heterocycles. The molecule has 1 unspecified atom stereocenters. The van der Waals surface area contributed by atoms with Gasteiger partial charge in [-0.25, -0.2) is 13.6 Å². The zero-order valence-corrected chi connectivity index (χ0v) is 11.3. The zero-order valence-electron chi connectivity index (χ0n) is 11.3. The number of nitrogens with one attached hydrogen (secondary N) is 1. The molecule has 116 valence electrons. The van der Waals surface area contributed by atoms with Crippen LogP contribution in [-0.4, -0.2) is 27.6 Å². The van der Waals surface area contributed by atoms with Crippen LogP contribution in [0.1, 0.15) is 37.0 Å². The fourth-order valence-corrected chi connectivity index (χ4v) is 1.80. The van der Waals surface area contributed by atoms with E-state index >= 15 is 0 Å². The molecule has 0 aliphatic rings. The minimum absolute atomic E-state index is 0.0470. The van der Waals surface area contributed by atoms with Crippen molar-refractivity contribution in [3.05, 3.63) is 29.1 Å². The number of amides is 1. The fraction of sp³-hybridized carbons (Fsp3) is 0.385. The third-order valence-corrected chi connectivity index (χ3v) is 2.99. The molecule has 0 saturated carbocycles. The summed E-state index contributed by atoms with van der Waals surface area (Å²) in [6.07, 6.45) is 0.458. The fourth-order valence-electron chi connectivity index (χ4n) is 1.80. The highest BCUT2D eigenvalue weighted by Crippen LogP contribution is 2.26. The van der Waals surface area contributed by atoms with Crippen molar-refractivity contribution >= 4 is 11.9 Å². The molecule has 1 aromatic carbocycles. The molecular weight excluding hydrogens is 291 g/mol. The average molecular weight is 305 g/mol. The Morgan fingerprint density at radius 3 is 2.33 bits per heavy atom. The third-order valence-electron chi connectivity index (χ3n) is 2.99. The summed E-state index contributed by atoms with van der Waals surface area (Å²) in [5, 5.41) is 20.2. The average Bonchev–Trinajstić information content (AvgIpc) is 2.40. The first kappa shape index (κ1) is 16.8. The maximum absolute atomic E-state index is 13.6. The van der Waals surface area contributed by atoms with Crippen molar-refractivity contribution in [1.82, 2.24) is 5.32 Å². The summed E-state index contributed by atoms with van der Waals surface area (Å²) >= 11 is 0. The number of phenols is 1. The molecule has 0 aromatic heterocycles. The van der Waals surface area contributed by atoms with Gasteiger partial charge in [0, 0.05) is 0 Å². The lowest BCUT2D eigenvalue weighted by atomic mass is 9.95. The predicted molar refractivity (Wildman–Crippen MR) is 66.4 cm³/mol. The van der Waals surface area contributed by atoms with Crippen LogP contribution in [0.3, 0.4) is 0 Å². The number of carboxylic acids is 1. The van der Waals surface area contributed by atoms with E-state index < -0.39 is 46.2 Å². The Labute approximate surface area is 118 Å². The molecule has 0 heterocycles. The van der Waals surface area contributed by atoms with Gasteiger partial charge in [0.05, 0.1) is 5.56 Å². The molecular formula is C13H14F3NO4. The number of hydrogen-bond acceptors (Lipinski definition) is 3. The maximum Gasteiger partial charge on any atom is 0.329 e. The van der Waals surface area contributed by atoms with Crippen molar-refractivity contribution in [3.8, 4) is 5.75 Å². The Morgan fingerprint density at radius 1 is 1.29 bits per heavy atom. The maximum atomic E-state index is 13.6. The van der Waals surface area contributed by atoms with E-state index in [1.54, 1.807) is 6.92 Å². The van der Waals surface area contributed by atoms with Crippen LogP contribution in [0.25, 0.3) is 0 Å². The quantitative estimate of drug-likeness (QED) is 0.728. The third kappa shape index (κ3) is 3.26. The van der Waals surface area contributed by atoms with Crippen molar-refractivity contribution < 1.29 is 33.0 Å². The zero-order chi connectivity index (χ0) is 16.4. The van der Waals surface area contributed by atoms with E-state index in [1.807, 2.05) is 5.32 Å². The minimum Gasteiger partial charge on any atom is -0.503 e. The van der Waals surface area contributed by atoms with Crippen molar-refractivity contribution in [2.24, 2.45) is 0 Å². The van der Waals surface area contributed by atoms with E-state index in [1.165, 1.54) is 6.92 Å². The van der Waals surface area contributed by atoms with Crippen molar-refractivity contribution in [2.75, 3.05) is 0 Å². The number of halogens is 3. The molecule has 5 nitrogen and oxygen atoms in total. The topological polar surface area (TPSA) is 86.6 Å². The lowest BCUT2D eigenvalue weighted by Gasteiger charge is -2.25. The van der Waals surface area contributed by atoms with Gasteiger partial charge in [0.2, 0.25) is 5.82 Å². The lowest BCUT2D eigenvalue weighted by molar-refractivity contribution is -0.144. The van der Waals surface area contributed by atoms with Crippen LogP contribution in [0, 0.1) is 17.5 Å². The number of rotatable bonds is 5. The standard InChI is InChI=1S/C13H14F3NO4/c1-3-4-13(2,12(20)21)17-11(19)6-5-7(14)9(16)10(18)8(6)15/h5,18H,3-4H2,1-2H3,(H,17,19)(H,20,21). The second-order valence-corrected chi connectivity index (χ2v) is 4.72. The van der Waals surface area contributed by atoms with Crippen LogP contribution in [0.15, 0.2) is 6.07 Å². The van der Waals surface area contributed by atoms with Gasteiger partial charge in [-0.1, -0.05) is 13.3 Å². The van der Waals surface area contributed by atoms with E-state index in [4.69, 9.17) is 10.2 Å². The van der Waals surface area contributed by atoms with Gasteiger partial charge in [-0.15, -0.1) is 0 Å². The minimum atomic E-state index is -1.82. The van der Waals surface area contributed by atoms with E-state index in [2.05, 4.69) is 0 Å². The van der Waals surface area contributed by atoms with Crippen molar-refractivity contribution in [1.29, 1.82) is 0 Å². The molecule has 0 aliphatic carbocycles. The largest absolute Gasteiger partial charge is 0.503 e. The second-order valence-electron chi connectivity index (χ2n) is 4.72. The van der Waals surface area contributed by atoms with Gasteiger partial charge in [-0.05, 0) is 19.4 Å². The van der Waals surface area contributed by atoms with Crippen molar-refractivity contribution in [3.63, 3.8) is 0 Å². The number of benzene rings is 1. The number of aliphatic carboxylic acids is 1. The molecule has 0 bridgehead atoms. The highest BCUT2D eigenvalue weighted by Gasteiger charge is 2.35. The smallest absolute Gasteiger partial charge is 0.329 e. The van der Waals surface area contributed by atoms with E-state index in [9.17, 15) is 22.8 Å². The molecule has 0 radical (unpaired) electrons. The molecule has 0 fully saturated rings. The summed E-state index contributed by atoms with van der Waals surface area (Å²) < 4.78 is 39.6. The van der Waals surface area contributed by atoms with Crippen LogP contribution in [0.5, 0.6) is 5.75 Å². The lowest BCUT2D eigenvalue weighted by Crippen LogP contribution is -2.52. The molecule has 21 heavy (non-hydrogen) atoms. The molecule has 1 aromatic rings. The first-order chi connectivity index (χ1) is 9.64. The number of carbonyl (C=O) groups excluding carboxylic acids is 1. The van der Waals surface area contributed by atoms with Gasteiger partial charge in [0.1, 0.15) is 5.54 Å². The van der Waals surface area contributed by atoms with Gasteiger partial charge in [-0.3, -0.25) is 4.79 Å². The summed E-state index contributed by atoms with van der Waals surface area (Å²) in [6.45, 7) is 2.88. The second kappa shape index (κ2) is 6.02. The first-order valence-corrected chi connectivity index (χ1v) is 6.06. The number of carbonyl (C=O) groups is 2. The summed E-state index contributed by atoms with van der Waals surface area (Å²) in [4.78, 5) is 23.0. The Bertz CT molecular complexity index is 591. The molecule has 1 rings (SSSR count). The predicted octanol–water partition coefficient (Wildman–Crippen LogP) is 2.18. The molecule has 1 atom stereocenters. The molecule has 8 heteroatoms. The highest BCUT2D eigenvalue weighted by atomic mass is 19.2. The van der Waals surface area contributed by atoms with Crippen LogP contribution < -0.4 is 5.32 Å². The number of carboxylic acid groups (broad SMARTS) is 1. The summed E-state index contributed by atoms with van der Waals surface area (Å²) in [7, 11) is 0. The van der Waals surface area contributed by atoms with Crippen LogP contribution in [-0.2, 0) is 4.79 Å². The Hall–Kier alpha value is -2.25. The summed E-state index contributed by atoms with van der Waals surface area (Å²) in [5.41, 5.74) is -2.67. The van der Waals surface area contributed by atoms with E-state index in [0.717, 1.165) is 0 Å². The van der Waals surface area contributed by atoms with Crippen molar-refractivity contribution in [2.45, 2.75) is 32.2 Å². The van der Waals surface area contributed by atoms with Crippen LogP contribution in [0.4, 0.5) is 13.2 Å². The Kier molecular flexibility index (Phi) is 4.82. The van der Waals surface area contributed by atoms with Gasteiger partial charge >= 0.3 is 5.97 Å². The Morgan fingerprint density at radius 2 is 1.86 bits per heavy atom. The van der Waals surface area contributed by atoms with Gasteiger partial charge < -0.3 is 15.5 Å². The molecule has 0 spiro atoms. The highest BCUT2D eigenvalue weighted by molar-refractivity contribution is 5.98. The SMILES string of the molecule is CCCC(C)(NC(=O)c1cc(F)c(F)c(O)c1F)C(=O)O. The number of phenolic OH excluding ortho intramolecular Hbond substituents is 1. The van der Waals surface area contributed by atoms with Gasteiger partial charge in [0.15, 0.2) is 17.4 Å². The summed E-state index contributed by atoms with van der Waals surface area (Å²) in [5.74, 6) is -9.35. The van der Waals surface area contributed by atoms with Gasteiger partial charge in [-0.2, -0.15) is 4.39 Å². The number of aromatic hydroxyl groups is 1. The Balaban J connectivity index is 3.18. The monoisotopic (exact) mass is 305 g/mol. The molecule has 0 aliphatic heterocycles. The molecule has 3 N–H and O–H groups in total. The van der Waals surface area contributed by atoms with Crippen LogP contribution in [0.2, 0.25) is 0 Å². The van der Waals surface area contributed by atoms with Gasteiger partial charge in [0.25, 0.3) is 5.91 Å².